The van der Waals surface area contributed by atoms with E-state index < -0.39 is 0 Å². The Kier molecular flexibility index (Phi) is 4.98. The van der Waals surface area contributed by atoms with E-state index in [2.05, 4.69) is 15.3 Å². The van der Waals surface area contributed by atoms with Crippen LogP contribution in [0.4, 0.5) is 5.82 Å². The van der Waals surface area contributed by atoms with E-state index in [-0.39, 0.29) is 13.2 Å². The molecule has 1 heterocycles. The molecule has 0 aromatic carbocycles. The van der Waals surface area contributed by atoms with E-state index in [1.165, 1.54) is 0 Å². The lowest BCUT2D eigenvalue weighted by Gasteiger charge is -2.12. The number of rotatable bonds is 6. The standard InChI is InChI=1S/C11H19N3O2/c1-4-9-13-10(12-5-2)8(3)11(14-9)16-7-6-15/h15H,4-7H2,1-3H3,(H,12,13,14). The van der Waals surface area contributed by atoms with Crippen LogP contribution in [0.1, 0.15) is 25.2 Å². The van der Waals surface area contributed by atoms with Crippen molar-refractivity contribution in [3.8, 4) is 5.88 Å². The molecule has 0 unspecified atom stereocenters. The second-order valence-electron chi connectivity index (χ2n) is 3.37. The maximum atomic E-state index is 8.73. The zero-order chi connectivity index (χ0) is 12.0. The van der Waals surface area contributed by atoms with Gasteiger partial charge in [-0.25, -0.2) is 4.98 Å². The van der Waals surface area contributed by atoms with Gasteiger partial charge in [-0.15, -0.1) is 0 Å². The highest BCUT2D eigenvalue weighted by Crippen LogP contribution is 2.22. The van der Waals surface area contributed by atoms with Crippen molar-refractivity contribution in [2.75, 3.05) is 25.1 Å². The summed E-state index contributed by atoms with van der Waals surface area (Å²) in [5.41, 5.74) is 0.882. The Balaban J connectivity index is 2.99. The molecule has 0 saturated carbocycles. The molecule has 16 heavy (non-hydrogen) atoms. The van der Waals surface area contributed by atoms with Crippen LogP contribution < -0.4 is 10.1 Å². The number of aromatic nitrogens is 2. The number of ether oxygens (including phenoxy) is 1. The second kappa shape index (κ2) is 6.27. The van der Waals surface area contributed by atoms with Crippen LogP contribution in [0, 0.1) is 6.92 Å². The van der Waals surface area contributed by atoms with Crippen LogP contribution in [0.15, 0.2) is 0 Å². The lowest BCUT2D eigenvalue weighted by Crippen LogP contribution is -2.10. The quantitative estimate of drug-likeness (QED) is 0.760. The summed E-state index contributed by atoms with van der Waals surface area (Å²) in [6.45, 7) is 6.97. The molecule has 0 spiro atoms. The number of hydrogen-bond acceptors (Lipinski definition) is 5. The fourth-order valence-corrected chi connectivity index (χ4v) is 1.32. The molecule has 0 radical (unpaired) electrons. The number of anilines is 1. The Morgan fingerprint density at radius 2 is 2.06 bits per heavy atom. The summed E-state index contributed by atoms with van der Waals surface area (Å²) in [7, 11) is 0. The summed E-state index contributed by atoms with van der Waals surface area (Å²) in [6.07, 6.45) is 0.758. The molecule has 0 amide bonds. The summed E-state index contributed by atoms with van der Waals surface area (Å²) >= 11 is 0. The van der Waals surface area contributed by atoms with Crippen molar-refractivity contribution in [2.24, 2.45) is 0 Å². The van der Waals surface area contributed by atoms with Crippen LogP contribution in [0.25, 0.3) is 0 Å². The first-order valence-electron chi connectivity index (χ1n) is 5.57. The van der Waals surface area contributed by atoms with Gasteiger partial charge in [0.2, 0.25) is 5.88 Å². The van der Waals surface area contributed by atoms with Crippen molar-refractivity contribution >= 4 is 5.82 Å². The highest BCUT2D eigenvalue weighted by atomic mass is 16.5. The van der Waals surface area contributed by atoms with Crippen molar-refractivity contribution in [3.63, 3.8) is 0 Å². The Labute approximate surface area is 95.9 Å². The van der Waals surface area contributed by atoms with Gasteiger partial charge in [-0.3, -0.25) is 0 Å². The smallest absolute Gasteiger partial charge is 0.221 e. The molecule has 0 aliphatic carbocycles. The Hall–Kier alpha value is -1.36. The van der Waals surface area contributed by atoms with Gasteiger partial charge < -0.3 is 15.2 Å². The van der Waals surface area contributed by atoms with Gasteiger partial charge >= 0.3 is 0 Å². The molecule has 0 atom stereocenters. The molecular weight excluding hydrogens is 206 g/mol. The average molecular weight is 225 g/mol. The second-order valence-corrected chi connectivity index (χ2v) is 3.37. The topological polar surface area (TPSA) is 67.3 Å². The Bertz CT molecular complexity index is 342. The molecule has 5 nitrogen and oxygen atoms in total. The molecule has 0 bridgehead atoms. The minimum Gasteiger partial charge on any atom is -0.475 e. The van der Waals surface area contributed by atoms with Gasteiger partial charge in [-0.1, -0.05) is 6.92 Å². The Morgan fingerprint density at radius 3 is 2.62 bits per heavy atom. The van der Waals surface area contributed by atoms with Crippen LogP contribution in [-0.2, 0) is 6.42 Å². The minimum absolute atomic E-state index is 0.0125. The average Bonchev–Trinajstić information content (AvgIpc) is 2.30. The van der Waals surface area contributed by atoms with Crippen LogP contribution >= 0.6 is 0 Å². The fourth-order valence-electron chi connectivity index (χ4n) is 1.32. The van der Waals surface area contributed by atoms with Crippen molar-refractivity contribution in [1.29, 1.82) is 0 Å². The third-order valence-electron chi connectivity index (χ3n) is 2.14. The largest absolute Gasteiger partial charge is 0.475 e. The van der Waals surface area contributed by atoms with Gasteiger partial charge in [0, 0.05) is 13.0 Å². The predicted molar refractivity (Wildman–Crippen MR) is 62.9 cm³/mol. The molecule has 5 heteroatoms. The first kappa shape index (κ1) is 12.7. The predicted octanol–water partition coefficient (Wildman–Crippen LogP) is 1.15. The summed E-state index contributed by atoms with van der Waals surface area (Å²) < 4.78 is 5.37. The monoisotopic (exact) mass is 225 g/mol. The van der Waals surface area contributed by atoms with Gasteiger partial charge in [0.1, 0.15) is 18.2 Å². The molecule has 0 saturated heterocycles. The summed E-state index contributed by atoms with van der Waals surface area (Å²) in [4.78, 5) is 8.67. The van der Waals surface area contributed by atoms with Crippen LogP contribution in [0.3, 0.4) is 0 Å². The van der Waals surface area contributed by atoms with Gasteiger partial charge in [0.05, 0.1) is 12.2 Å². The van der Waals surface area contributed by atoms with E-state index in [9.17, 15) is 0 Å². The van der Waals surface area contributed by atoms with Crippen LogP contribution in [0.5, 0.6) is 5.88 Å². The summed E-state index contributed by atoms with van der Waals surface area (Å²) in [5, 5.41) is 11.9. The number of nitrogens with zero attached hydrogens (tertiary/aromatic N) is 2. The van der Waals surface area contributed by atoms with Crippen molar-refractivity contribution in [3.05, 3.63) is 11.4 Å². The molecule has 2 N–H and O–H groups in total. The van der Waals surface area contributed by atoms with E-state index in [0.717, 1.165) is 30.2 Å². The Morgan fingerprint density at radius 1 is 1.31 bits per heavy atom. The summed E-state index contributed by atoms with van der Waals surface area (Å²) in [6, 6.07) is 0. The molecule has 0 fully saturated rings. The van der Waals surface area contributed by atoms with Crippen molar-refractivity contribution in [1.82, 2.24) is 9.97 Å². The van der Waals surface area contributed by atoms with E-state index in [1.807, 2.05) is 20.8 Å². The molecule has 1 aromatic heterocycles. The zero-order valence-corrected chi connectivity index (χ0v) is 10.1. The van der Waals surface area contributed by atoms with Crippen LogP contribution in [0.2, 0.25) is 0 Å². The minimum atomic E-state index is -0.0125. The summed E-state index contributed by atoms with van der Waals surface area (Å²) in [5.74, 6) is 2.11. The highest BCUT2D eigenvalue weighted by molar-refractivity contribution is 5.48. The number of hydrogen-bond donors (Lipinski definition) is 2. The number of aryl methyl sites for hydroxylation is 1. The van der Waals surface area contributed by atoms with E-state index in [0.29, 0.717) is 5.88 Å². The number of aliphatic hydroxyl groups is 1. The van der Waals surface area contributed by atoms with Gasteiger partial charge in [0.15, 0.2) is 0 Å². The third-order valence-corrected chi connectivity index (χ3v) is 2.14. The molecule has 1 rings (SSSR count). The molecule has 1 aromatic rings. The number of aliphatic hydroxyl groups excluding tert-OH is 1. The van der Waals surface area contributed by atoms with Gasteiger partial charge in [-0.05, 0) is 13.8 Å². The van der Waals surface area contributed by atoms with E-state index in [1.54, 1.807) is 0 Å². The zero-order valence-electron chi connectivity index (χ0n) is 10.1. The number of nitrogens with one attached hydrogen (secondary N) is 1. The molecule has 90 valence electrons. The SMILES string of the molecule is CCNc1nc(CC)nc(OCCO)c1C. The van der Waals surface area contributed by atoms with E-state index >= 15 is 0 Å². The molecular formula is C11H19N3O2. The maximum absolute atomic E-state index is 8.73. The van der Waals surface area contributed by atoms with Gasteiger partial charge in [-0.2, -0.15) is 4.98 Å². The lowest BCUT2D eigenvalue weighted by molar-refractivity contribution is 0.195. The third kappa shape index (κ3) is 3.06. The van der Waals surface area contributed by atoms with Crippen molar-refractivity contribution in [2.45, 2.75) is 27.2 Å². The van der Waals surface area contributed by atoms with Crippen LogP contribution in [-0.4, -0.2) is 34.8 Å². The molecule has 0 aliphatic rings. The first-order chi connectivity index (χ1) is 7.72. The van der Waals surface area contributed by atoms with Crippen molar-refractivity contribution < 1.29 is 9.84 Å². The fraction of sp³-hybridized carbons (Fsp3) is 0.636. The molecule has 0 aliphatic heterocycles. The lowest BCUT2D eigenvalue weighted by atomic mass is 10.3. The first-order valence-corrected chi connectivity index (χ1v) is 5.57. The van der Waals surface area contributed by atoms with E-state index in [4.69, 9.17) is 9.84 Å². The van der Waals surface area contributed by atoms with Gasteiger partial charge in [0.25, 0.3) is 0 Å². The highest BCUT2D eigenvalue weighted by Gasteiger charge is 2.10. The normalized spacial score (nSPS) is 10.2. The maximum Gasteiger partial charge on any atom is 0.221 e.